The number of hydrogen-bond donors (Lipinski definition) is 0. The minimum Gasteiger partial charge on any atom is -0.322 e. The molecule has 0 fully saturated rings. The van der Waals surface area contributed by atoms with Crippen LogP contribution in [0.25, 0.3) is 0 Å². The number of fused-ring (bicyclic) bond motifs is 1. The summed E-state index contributed by atoms with van der Waals surface area (Å²) in [5.74, 6) is 0. The van der Waals surface area contributed by atoms with Crippen molar-refractivity contribution in [2.45, 2.75) is 18.7 Å². The monoisotopic (exact) mass is 270 g/mol. The van der Waals surface area contributed by atoms with Gasteiger partial charge in [-0.1, -0.05) is 17.8 Å². The van der Waals surface area contributed by atoms with Crippen molar-refractivity contribution >= 4 is 32.6 Å². The second-order valence-electron chi connectivity index (χ2n) is 4.04. The van der Waals surface area contributed by atoms with Crippen LogP contribution in [-0.4, -0.2) is 26.9 Å². The fourth-order valence-corrected chi connectivity index (χ4v) is 4.31. The van der Waals surface area contributed by atoms with Gasteiger partial charge in [-0.15, -0.1) is 4.40 Å². The molecule has 1 heterocycles. The van der Waals surface area contributed by atoms with Crippen LogP contribution in [-0.2, 0) is 10.0 Å². The minimum atomic E-state index is -3.56. The summed E-state index contributed by atoms with van der Waals surface area (Å²) in [6.07, 6.45) is 1.82. The molecule has 4 nitrogen and oxygen atoms in total. The molecule has 1 aliphatic heterocycles. The van der Waals surface area contributed by atoms with Crippen LogP contribution in [0.4, 0.5) is 5.69 Å². The summed E-state index contributed by atoms with van der Waals surface area (Å²) in [7, 11) is -1.72. The summed E-state index contributed by atoms with van der Waals surface area (Å²) < 4.78 is 28.0. The fourth-order valence-electron chi connectivity index (χ4n) is 2.00. The van der Waals surface area contributed by atoms with Crippen molar-refractivity contribution in [3.05, 3.63) is 23.3 Å². The van der Waals surface area contributed by atoms with Gasteiger partial charge in [-0.05, 0) is 37.3 Å². The highest BCUT2D eigenvalue weighted by molar-refractivity contribution is 8.14. The number of aryl methyl sites for hydroxylation is 2. The van der Waals surface area contributed by atoms with Gasteiger partial charge >= 0.3 is 0 Å². The lowest BCUT2D eigenvalue weighted by atomic mass is 10.1. The van der Waals surface area contributed by atoms with Gasteiger partial charge in [0.05, 0.1) is 5.69 Å². The number of nitrogens with zero attached hydrogens (tertiary/aromatic N) is 2. The summed E-state index contributed by atoms with van der Waals surface area (Å²) >= 11 is 1.33. The summed E-state index contributed by atoms with van der Waals surface area (Å²) in [5.41, 5.74) is 2.50. The van der Waals surface area contributed by atoms with Gasteiger partial charge in [0.15, 0.2) is 5.17 Å². The number of hydrogen-bond acceptors (Lipinski definition) is 4. The van der Waals surface area contributed by atoms with Crippen molar-refractivity contribution in [1.29, 1.82) is 0 Å². The van der Waals surface area contributed by atoms with Crippen molar-refractivity contribution in [2.24, 2.45) is 4.40 Å². The Morgan fingerprint density at radius 3 is 2.53 bits per heavy atom. The normalized spacial score (nSPS) is 17.6. The molecule has 0 amide bonds. The van der Waals surface area contributed by atoms with Gasteiger partial charge in [0.2, 0.25) is 0 Å². The van der Waals surface area contributed by atoms with Crippen LogP contribution < -0.4 is 4.90 Å². The van der Waals surface area contributed by atoms with Crippen molar-refractivity contribution in [3.63, 3.8) is 0 Å². The zero-order chi connectivity index (χ0) is 12.8. The molecule has 2 rings (SSSR count). The Hall–Kier alpha value is -1.01. The molecule has 92 valence electrons. The number of benzene rings is 1. The van der Waals surface area contributed by atoms with E-state index in [0.717, 1.165) is 11.1 Å². The first-order chi connectivity index (χ1) is 7.86. The predicted octanol–water partition coefficient (Wildman–Crippen LogP) is 2.16. The molecule has 0 spiro atoms. The van der Waals surface area contributed by atoms with Crippen molar-refractivity contribution < 1.29 is 8.42 Å². The molecule has 1 aromatic rings. The van der Waals surface area contributed by atoms with E-state index in [1.165, 1.54) is 11.8 Å². The maximum absolute atomic E-state index is 12.1. The molecule has 1 aliphatic rings. The Labute approximate surface area is 106 Å². The third-order valence-electron chi connectivity index (χ3n) is 2.69. The van der Waals surface area contributed by atoms with E-state index in [1.54, 1.807) is 6.92 Å². The fraction of sp³-hybridized carbons (Fsp3) is 0.364. The van der Waals surface area contributed by atoms with Gasteiger partial charge in [0.1, 0.15) is 4.90 Å². The second kappa shape index (κ2) is 4.03. The van der Waals surface area contributed by atoms with Crippen molar-refractivity contribution in [2.75, 3.05) is 18.2 Å². The van der Waals surface area contributed by atoms with Crippen LogP contribution in [0.5, 0.6) is 0 Å². The Kier molecular flexibility index (Phi) is 2.95. The molecule has 1 aromatic carbocycles. The van der Waals surface area contributed by atoms with E-state index in [2.05, 4.69) is 4.40 Å². The molecular weight excluding hydrogens is 256 g/mol. The average Bonchev–Trinajstić information content (AvgIpc) is 2.21. The molecule has 0 N–H and O–H groups in total. The quantitative estimate of drug-likeness (QED) is 0.725. The topological polar surface area (TPSA) is 49.7 Å². The highest BCUT2D eigenvalue weighted by Gasteiger charge is 2.30. The summed E-state index contributed by atoms with van der Waals surface area (Å²) in [6.45, 7) is 3.76. The molecule has 0 atom stereocenters. The van der Waals surface area contributed by atoms with E-state index in [0.29, 0.717) is 15.8 Å². The summed E-state index contributed by atoms with van der Waals surface area (Å²) in [6, 6.07) is 3.74. The second-order valence-corrected chi connectivity index (χ2v) is 6.36. The Morgan fingerprint density at radius 2 is 1.94 bits per heavy atom. The van der Waals surface area contributed by atoms with Crippen LogP contribution in [0, 0.1) is 13.8 Å². The molecule has 0 saturated carbocycles. The zero-order valence-electron chi connectivity index (χ0n) is 10.2. The van der Waals surface area contributed by atoms with Gasteiger partial charge in [0, 0.05) is 7.05 Å². The summed E-state index contributed by atoms with van der Waals surface area (Å²) in [5, 5.41) is 0.502. The SMILES string of the molecule is CSC1=NS(=O)(=O)c2c(C)cc(C)cc2N1C. The van der Waals surface area contributed by atoms with Crippen LogP contribution in [0.2, 0.25) is 0 Å². The van der Waals surface area contributed by atoms with E-state index >= 15 is 0 Å². The molecule has 6 heteroatoms. The number of anilines is 1. The number of sulfonamides is 1. The largest absolute Gasteiger partial charge is 0.322 e. The number of amidine groups is 1. The standard InChI is InChI=1S/C11H14N2O2S2/c1-7-5-8(2)10-9(6-7)13(3)11(16-4)12-17(10,14)15/h5-6H,1-4H3. The van der Waals surface area contributed by atoms with Crippen LogP contribution in [0.1, 0.15) is 11.1 Å². The highest BCUT2D eigenvalue weighted by atomic mass is 32.2. The molecular formula is C11H14N2O2S2. The Morgan fingerprint density at radius 1 is 1.29 bits per heavy atom. The van der Waals surface area contributed by atoms with Gasteiger partial charge in [-0.3, -0.25) is 0 Å². The van der Waals surface area contributed by atoms with Crippen LogP contribution >= 0.6 is 11.8 Å². The Balaban J connectivity index is 2.80. The Bertz CT molecular complexity index is 606. The van der Waals surface area contributed by atoms with E-state index < -0.39 is 10.0 Å². The number of rotatable bonds is 0. The lowest BCUT2D eigenvalue weighted by Gasteiger charge is -2.27. The molecule has 0 aliphatic carbocycles. The predicted molar refractivity (Wildman–Crippen MR) is 72.5 cm³/mol. The van der Waals surface area contributed by atoms with E-state index in [9.17, 15) is 8.42 Å². The van der Waals surface area contributed by atoms with Gasteiger partial charge in [0.25, 0.3) is 10.0 Å². The van der Waals surface area contributed by atoms with Crippen LogP contribution in [0.15, 0.2) is 21.4 Å². The van der Waals surface area contributed by atoms with Crippen LogP contribution in [0.3, 0.4) is 0 Å². The first-order valence-corrected chi connectivity index (χ1v) is 7.77. The molecule has 17 heavy (non-hydrogen) atoms. The smallest absolute Gasteiger partial charge is 0.287 e. The molecule has 0 radical (unpaired) electrons. The minimum absolute atomic E-state index is 0.323. The molecule has 0 aromatic heterocycles. The van der Waals surface area contributed by atoms with Crippen molar-refractivity contribution in [1.82, 2.24) is 0 Å². The lowest BCUT2D eigenvalue weighted by molar-refractivity contribution is 0.596. The van der Waals surface area contributed by atoms with E-state index in [1.807, 2.05) is 37.3 Å². The highest BCUT2D eigenvalue weighted by Crippen LogP contribution is 2.35. The zero-order valence-corrected chi connectivity index (χ0v) is 11.8. The molecule has 0 saturated heterocycles. The third-order valence-corrected chi connectivity index (χ3v) is 4.99. The third kappa shape index (κ3) is 1.95. The molecule has 0 unspecified atom stereocenters. The molecule has 0 bridgehead atoms. The van der Waals surface area contributed by atoms with E-state index in [-0.39, 0.29) is 0 Å². The average molecular weight is 270 g/mol. The lowest BCUT2D eigenvalue weighted by Crippen LogP contribution is -2.30. The van der Waals surface area contributed by atoms with Gasteiger partial charge < -0.3 is 4.90 Å². The van der Waals surface area contributed by atoms with Crippen molar-refractivity contribution in [3.8, 4) is 0 Å². The van der Waals surface area contributed by atoms with E-state index in [4.69, 9.17) is 0 Å². The summed E-state index contributed by atoms with van der Waals surface area (Å²) in [4.78, 5) is 2.14. The van der Waals surface area contributed by atoms with Gasteiger partial charge in [-0.2, -0.15) is 8.42 Å². The maximum Gasteiger partial charge on any atom is 0.287 e. The number of thioether (sulfide) groups is 1. The first kappa shape index (κ1) is 12.4. The van der Waals surface area contributed by atoms with Gasteiger partial charge in [-0.25, -0.2) is 0 Å². The maximum atomic E-state index is 12.1. The first-order valence-electron chi connectivity index (χ1n) is 5.11.